The molecule has 0 aliphatic heterocycles. The number of thioether (sulfide) groups is 1. The first-order valence-corrected chi connectivity index (χ1v) is 6.56. The second-order valence-corrected chi connectivity index (χ2v) is 4.69. The molecule has 4 heteroatoms. The molecule has 0 atom stereocenters. The van der Waals surface area contributed by atoms with Crippen molar-refractivity contribution >= 4 is 17.7 Å². The highest BCUT2D eigenvalue weighted by molar-refractivity contribution is 7.98. The van der Waals surface area contributed by atoms with Crippen molar-refractivity contribution in [2.24, 2.45) is 0 Å². The molecule has 1 aliphatic rings. The Morgan fingerprint density at radius 3 is 2.69 bits per heavy atom. The summed E-state index contributed by atoms with van der Waals surface area (Å²) in [6, 6.07) is 8.14. The summed E-state index contributed by atoms with van der Waals surface area (Å²) in [4.78, 5) is 12.5. The van der Waals surface area contributed by atoms with Gasteiger partial charge in [-0.15, -0.1) is 11.8 Å². The first-order chi connectivity index (χ1) is 7.78. The predicted octanol–water partition coefficient (Wildman–Crippen LogP) is 2.07. The number of carbonyl (C=O) groups excluding carboxylic acids is 1. The lowest BCUT2D eigenvalue weighted by molar-refractivity contribution is -0.123. The van der Waals surface area contributed by atoms with E-state index >= 15 is 0 Å². The van der Waals surface area contributed by atoms with E-state index in [1.807, 2.05) is 30.5 Å². The van der Waals surface area contributed by atoms with Gasteiger partial charge in [0.2, 0.25) is 0 Å². The number of hydrogen-bond acceptors (Lipinski definition) is 3. The molecule has 1 N–H and O–H groups in total. The smallest absolute Gasteiger partial charge is 0.258 e. The Labute approximate surface area is 99.6 Å². The van der Waals surface area contributed by atoms with E-state index in [-0.39, 0.29) is 12.5 Å². The van der Waals surface area contributed by atoms with Gasteiger partial charge in [-0.05, 0) is 43.4 Å². The highest BCUT2D eigenvalue weighted by atomic mass is 32.2. The Morgan fingerprint density at radius 2 is 2.12 bits per heavy atom. The summed E-state index contributed by atoms with van der Waals surface area (Å²) in [6.07, 6.45) is 4.24. The van der Waals surface area contributed by atoms with Gasteiger partial charge in [0.1, 0.15) is 5.75 Å². The third-order valence-electron chi connectivity index (χ3n) is 2.37. The largest absolute Gasteiger partial charge is 0.484 e. The summed E-state index contributed by atoms with van der Waals surface area (Å²) in [5.74, 6) is 0.709. The van der Waals surface area contributed by atoms with Gasteiger partial charge in [0.05, 0.1) is 0 Å². The van der Waals surface area contributed by atoms with Gasteiger partial charge in [-0.3, -0.25) is 4.79 Å². The zero-order valence-electron chi connectivity index (χ0n) is 9.23. The van der Waals surface area contributed by atoms with Crippen LogP contribution in [-0.4, -0.2) is 24.8 Å². The molecular formula is C12H15NO2S. The lowest BCUT2D eigenvalue weighted by Gasteiger charge is -2.06. The van der Waals surface area contributed by atoms with Crippen molar-refractivity contribution in [3.05, 3.63) is 24.3 Å². The predicted molar refractivity (Wildman–Crippen MR) is 64.9 cm³/mol. The van der Waals surface area contributed by atoms with Crippen LogP contribution in [0.1, 0.15) is 12.8 Å². The summed E-state index contributed by atoms with van der Waals surface area (Å²) in [6.45, 7) is 0.106. The van der Waals surface area contributed by atoms with Crippen LogP contribution < -0.4 is 10.1 Å². The first kappa shape index (κ1) is 11.3. The SMILES string of the molecule is CSc1ccc(OCC(=O)NC2CC2)cc1. The first-order valence-electron chi connectivity index (χ1n) is 5.34. The molecule has 1 aliphatic carbocycles. The molecule has 0 unspecified atom stereocenters. The number of carbonyl (C=O) groups is 1. The Bertz CT molecular complexity index is 360. The number of nitrogens with one attached hydrogen (secondary N) is 1. The highest BCUT2D eigenvalue weighted by Gasteiger charge is 2.23. The van der Waals surface area contributed by atoms with Gasteiger partial charge in [0.25, 0.3) is 5.91 Å². The standard InChI is InChI=1S/C12H15NO2S/c1-16-11-6-4-10(5-7-11)15-8-12(14)13-9-2-3-9/h4-7,9H,2-3,8H2,1H3,(H,13,14). The minimum Gasteiger partial charge on any atom is -0.484 e. The van der Waals surface area contributed by atoms with Gasteiger partial charge < -0.3 is 10.1 Å². The number of amides is 1. The molecule has 0 spiro atoms. The van der Waals surface area contributed by atoms with E-state index < -0.39 is 0 Å². The molecule has 86 valence electrons. The fraction of sp³-hybridized carbons (Fsp3) is 0.417. The van der Waals surface area contributed by atoms with E-state index in [0.29, 0.717) is 6.04 Å². The van der Waals surface area contributed by atoms with Gasteiger partial charge >= 0.3 is 0 Å². The minimum absolute atomic E-state index is 0.0311. The maximum atomic E-state index is 11.3. The second kappa shape index (κ2) is 5.25. The second-order valence-electron chi connectivity index (χ2n) is 3.81. The molecule has 0 aromatic heterocycles. The fourth-order valence-electron chi connectivity index (χ4n) is 1.32. The summed E-state index contributed by atoms with van der Waals surface area (Å²) in [5, 5.41) is 2.88. The maximum absolute atomic E-state index is 11.3. The quantitative estimate of drug-likeness (QED) is 0.797. The third-order valence-corrected chi connectivity index (χ3v) is 3.12. The van der Waals surface area contributed by atoms with Gasteiger partial charge in [0, 0.05) is 10.9 Å². The lowest BCUT2D eigenvalue weighted by Crippen LogP contribution is -2.30. The van der Waals surface area contributed by atoms with E-state index in [2.05, 4.69) is 5.32 Å². The van der Waals surface area contributed by atoms with Crippen LogP contribution in [0.3, 0.4) is 0 Å². The lowest BCUT2D eigenvalue weighted by atomic mass is 10.3. The normalized spacial score (nSPS) is 14.6. The molecule has 16 heavy (non-hydrogen) atoms. The average Bonchev–Trinajstić information content (AvgIpc) is 3.11. The van der Waals surface area contributed by atoms with Crippen molar-refractivity contribution in [3.63, 3.8) is 0 Å². The van der Waals surface area contributed by atoms with E-state index in [9.17, 15) is 4.79 Å². The van der Waals surface area contributed by atoms with Crippen LogP contribution >= 0.6 is 11.8 Å². The van der Waals surface area contributed by atoms with Crippen molar-refractivity contribution in [2.45, 2.75) is 23.8 Å². The van der Waals surface area contributed by atoms with E-state index in [4.69, 9.17) is 4.74 Å². The van der Waals surface area contributed by atoms with E-state index in [1.54, 1.807) is 11.8 Å². The molecule has 1 aromatic carbocycles. The van der Waals surface area contributed by atoms with Crippen molar-refractivity contribution in [1.29, 1.82) is 0 Å². The summed E-state index contributed by atoms with van der Waals surface area (Å²) < 4.78 is 5.37. The molecular weight excluding hydrogens is 222 g/mol. The molecule has 2 rings (SSSR count). The average molecular weight is 237 g/mol. The van der Waals surface area contributed by atoms with Gasteiger partial charge in [-0.25, -0.2) is 0 Å². The monoisotopic (exact) mass is 237 g/mol. The van der Waals surface area contributed by atoms with Gasteiger partial charge in [0.15, 0.2) is 6.61 Å². The molecule has 1 saturated carbocycles. The molecule has 1 amide bonds. The molecule has 0 bridgehead atoms. The Morgan fingerprint density at radius 1 is 1.44 bits per heavy atom. The number of hydrogen-bond donors (Lipinski definition) is 1. The highest BCUT2D eigenvalue weighted by Crippen LogP contribution is 2.20. The number of ether oxygens (including phenoxy) is 1. The topological polar surface area (TPSA) is 38.3 Å². The van der Waals surface area contributed by atoms with Crippen LogP contribution in [0.5, 0.6) is 5.75 Å². The Balaban J connectivity index is 1.76. The molecule has 1 fully saturated rings. The van der Waals surface area contributed by atoms with Crippen molar-refractivity contribution in [1.82, 2.24) is 5.32 Å². The van der Waals surface area contributed by atoms with E-state index in [1.165, 1.54) is 4.90 Å². The van der Waals surface area contributed by atoms with Crippen molar-refractivity contribution in [2.75, 3.05) is 12.9 Å². The third kappa shape index (κ3) is 3.45. The van der Waals surface area contributed by atoms with Crippen LogP contribution in [0.25, 0.3) is 0 Å². The zero-order chi connectivity index (χ0) is 11.4. The van der Waals surface area contributed by atoms with Gasteiger partial charge in [-0.2, -0.15) is 0 Å². The minimum atomic E-state index is -0.0311. The number of rotatable bonds is 5. The molecule has 1 aromatic rings. The fourth-order valence-corrected chi connectivity index (χ4v) is 1.73. The zero-order valence-corrected chi connectivity index (χ0v) is 10.0. The summed E-state index contributed by atoms with van der Waals surface area (Å²) in [7, 11) is 0. The molecule has 3 nitrogen and oxygen atoms in total. The van der Waals surface area contributed by atoms with Crippen LogP contribution in [0.4, 0.5) is 0 Å². The van der Waals surface area contributed by atoms with Crippen LogP contribution in [0.2, 0.25) is 0 Å². The van der Waals surface area contributed by atoms with Gasteiger partial charge in [-0.1, -0.05) is 0 Å². The maximum Gasteiger partial charge on any atom is 0.258 e. The molecule has 0 saturated heterocycles. The Hall–Kier alpha value is -1.16. The van der Waals surface area contributed by atoms with E-state index in [0.717, 1.165) is 18.6 Å². The molecule has 0 radical (unpaired) electrons. The van der Waals surface area contributed by atoms with Crippen LogP contribution in [0.15, 0.2) is 29.2 Å². The van der Waals surface area contributed by atoms with Crippen LogP contribution in [-0.2, 0) is 4.79 Å². The summed E-state index contributed by atoms with van der Waals surface area (Å²) >= 11 is 1.68. The molecule has 0 heterocycles. The van der Waals surface area contributed by atoms with Crippen molar-refractivity contribution in [3.8, 4) is 5.75 Å². The number of benzene rings is 1. The Kier molecular flexibility index (Phi) is 3.72. The van der Waals surface area contributed by atoms with Crippen molar-refractivity contribution < 1.29 is 9.53 Å². The van der Waals surface area contributed by atoms with Crippen LogP contribution in [0, 0.1) is 0 Å². The summed E-state index contributed by atoms with van der Waals surface area (Å²) in [5.41, 5.74) is 0.